The number of hydrogen-bond acceptors (Lipinski definition) is 4. The molecule has 8 nitrogen and oxygen atoms in total. The Hall–Kier alpha value is -4.33. The minimum atomic E-state index is -0.962. The van der Waals surface area contributed by atoms with Crippen LogP contribution in [0.1, 0.15) is 49.8 Å². The highest BCUT2D eigenvalue weighted by molar-refractivity contribution is 5.88. The fraction of sp³-hybridized carbons (Fsp3) is 0.323. The first-order valence-corrected chi connectivity index (χ1v) is 13.3. The standard InChI is InChI=1S/C31H36N4O4/c1-20(2)17-21(3)32-30(37)35-34-29(36)28(18-22-11-5-4-6-12-22)33-31(38)39-19-27-25-15-9-7-13-23(25)24-14-8-10-16-26(24)27/h4-16,20-21,27-28H,17-19H2,1-3H3,(H,33,38)(H,34,36)(H2,32,35,37). The third-order valence-electron chi connectivity index (χ3n) is 6.74. The van der Waals surface area contributed by atoms with Gasteiger partial charge in [-0.2, -0.15) is 0 Å². The second kappa shape index (κ2) is 13.0. The van der Waals surface area contributed by atoms with Crippen molar-refractivity contribution in [2.45, 2.75) is 51.6 Å². The van der Waals surface area contributed by atoms with E-state index >= 15 is 0 Å². The summed E-state index contributed by atoms with van der Waals surface area (Å²) in [7, 11) is 0. The Balaban J connectivity index is 1.38. The van der Waals surface area contributed by atoms with Crippen molar-refractivity contribution >= 4 is 18.0 Å². The summed E-state index contributed by atoms with van der Waals surface area (Å²) < 4.78 is 5.64. The van der Waals surface area contributed by atoms with E-state index < -0.39 is 24.1 Å². The van der Waals surface area contributed by atoms with E-state index in [4.69, 9.17) is 4.74 Å². The second-order valence-electron chi connectivity index (χ2n) is 10.3. The average molecular weight is 529 g/mol. The minimum absolute atomic E-state index is 0.0547. The quantitative estimate of drug-likeness (QED) is 0.296. The first kappa shape index (κ1) is 27.7. The van der Waals surface area contributed by atoms with Crippen LogP contribution < -0.4 is 21.5 Å². The lowest BCUT2D eigenvalue weighted by Gasteiger charge is -2.21. The molecule has 0 spiro atoms. The van der Waals surface area contributed by atoms with Crippen LogP contribution in [0.3, 0.4) is 0 Å². The number of rotatable bonds is 9. The molecule has 3 aromatic carbocycles. The van der Waals surface area contributed by atoms with Crippen molar-refractivity contribution in [1.82, 2.24) is 21.5 Å². The van der Waals surface area contributed by atoms with E-state index in [1.165, 1.54) is 0 Å². The maximum atomic E-state index is 13.0. The molecule has 0 radical (unpaired) electrons. The van der Waals surface area contributed by atoms with Gasteiger partial charge in [-0.25, -0.2) is 15.0 Å². The number of alkyl carbamates (subject to hydrolysis) is 1. The number of hydrogen-bond donors (Lipinski definition) is 4. The Labute approximate surface area is 229 Å². The molecule has 4 rings (SSSR count). The van der Waals surface area contributed by atoms with E-state index in [9.17, 15) is 14.4 Å². The van der Waals surface area contributed by atoms with Crippen LogP contribution in [-0.4, -0.2) is 36.7 Å². The highest BCUT2D eigenvalue weighted by Crippen LogP contribution is 2.44. The summed E-state index contributed by atoms with van der Waals surface area (Å²) in [4.78, 5) is 38.2. The topological polar surface area (TPSA) is 109 Å². The van der Waals surface area contributed by atoms with E-state index in [1.54, 1.807) is 0 Å². The predicted molar refractivity (Wildman–Crippen MR) is 151 cm³/mol. The van der Waals surface area contributed by atoms with Crippen LogP contribution in [0.25, 0.3) is 11.1 Å². The Bertz CT molecular complexity index is 1250. The molecule has 4 amide bonds. The van der Waals surface area contributed by atoms with E-state index in [2.05, 4.69) is 47.5 Å². The molecule has 2 atom stereocenters. The SMILES string of the molecule is CC(C)CC(C)NC(=O)NNC(=O)C(Cc1ccccc1)NC(=O)OCC1c2ccccc2-c2ccccc21. The number of carbonyl (C=O) groups excluding carboxylic acids is 3. The lowest BCUT2D eigenvalue weighted by molar-refractivity contribution is -0.123. The monoisotopic (exact) mass is 528 g/mol. The molecule has 0 saturated heterocycles. The van der Waals surface area contributed by atoms with Crippen molar-refractivity contribution < 1.29 is 19.1 Å². The number of amides is 4. The molecule has 0 bridgehead atoms. The molecule has 1 aliphatic rings. The van der Waals surface area contributed by atoms with Crippen molar-refractivity contribution in [3.05, 3.63) is 95.6 Å². The van der Waals surface area contributed by atoms with E-state index in [-0.39, 0.29) is 25.0 Å². The zero-order chi connectivity index (χ0) is 27.8. The van der Waals surface area contributed by atoms with Crippen molar-refractivity contribution in [3.63, 3.8) is 0 Å². The molecule has 4 N–H and O–H groups in total. The minimum Gasteiger partial charge on any atom is -0.449 e. The third-order valence-corrected chi connectivity index (χ3v) is 6.74. The maximum absolute atomic E-state index is 13.0. The molecule has 0 aliphatic heterocycles. The highest BCUT2D eigenvalue weighted by Gasteiger charge is 2.30. The van der Waals surface area contributed by atoms with Crippen LogP contribution in [0.4, 0.5) is 9.59 Å². The van der Waals surface area contributed by atoms with Gasteiger partial charge in [0.1, 0.15) is 12.6 Å². The fourth-order valence-electron chi connectivity index (χ4n) is 5.07. The molecule has 204 valence electrons. The molecule has 1 aliphatic carbocycles. The van der Waals surface area contributed by atoms with E-state index in [1.807, 2.05) is 73.7 Å². The molecule has 2 unspecified atom stereocenters. The summed E-state index contributed by atoms with van der Waals surface area (Å²) in [6, 6.07) is 24.0. The molecule has 0 fully saturated rings. The van der Waals surface area contributed by atoms with Gasteiger partial charge in [-0.05, 0) is 47.1 Å². The molecular weight excluding hydrogens is 492 g/mol. The van der Waals surface area contributed by atoms with Crippen LogP contribution in [0.2, 0.25) is 0 Å². The van der Waals surface area contributed by atoms with Gasteiger partial charge in [0.15, 0.2) is 0 Å². The number of nitrogens with one attached hydrogen (secondary N) is 4. The van der Waals surface area contributed by atoms with Crippen LogP contribution in [-0.2, 0) is 16.0 Å². The second-order valence-corrected chi connectivity index (χ2v) is 10.3. The summed E-state index contributed by atoms with van der Waals surface area (Å²) >= 11 is 0. The average Bonchev–Trinajstić information content (AvgIpc) is 3.24. The molecular formula is C31H36N4O4. The number of benzene rings is 3. The van der Waals surface area contributed by atoms with Crippen LogP contribution in [0.15, 0.2) is 78.9 Å². The summed E-state index contributed by atoms with van der Waals surface area (Å²) in [6.07, 6.45) is 0.327. The molecule has 8 heteroatoms. The van der Waals surface area contributed by atoms with Gasteiger partial charge in [-0.1, -0.05) is 92.7 Å². The van der Waals surface area contributed by atoms with Crippen molar-refractivity contribution in [3.8, 4) is 11.1 Å². The Morgan fingerprint density at radius 2 is 1.36 bits per heavy atom. The normalized spacial score (nSPS) is 13.5. The van der Waals surface area contributed by atoms with Crippen LogP contribution in [0.5, 0.6) is 0 Å². The van der Waals surface area contributed by atoms with Gasteiger partial charge in [0, 0.05) is 18.4 Å². The smallest absolute Gasteiger partial charge is 0.407 e. The highest BCUT2D eigenvalue weighted by atomic mass is 16.5. The Morgan fingerprint density at radius 1 is 0.769 bits per heavy atom. The van der Waals surface area contributed by atoms with Crippen molar-refractivity contribution in [2.75, 3.05) is 6.61 Å². The van der Waals surface area contributed by atoms with Crippen molar-refractivity contribution in [2.24, 2.45) is 5.92 Å². The van der Waals surface area contributed by atoms with E-state index in [0.717, 1.165) is 34.2 Å². The molecule has 0 saturated carbocycles. The summed E-state index contributed by atoms with van der Waals surface area (Å²) in [6.45, 7) is 6.17. The summed E-state index contributed by atoms with van der Waals surface area (Å²) in [5.74, 6) is -0.228. The lowest BCUT2D eigenvalue weighted by Crippen LogP contribution is -2.55. The van der Waals surface area contributed by atoms with Gasteiger partial charge in [0.25, 0.3) is 5.91 Å². The van der Waals surface area contributed by atoms with Gasteiger partial charge in [-0.3, -0.25) is 10.2 Å². The Kier molecular flexibility index (Phi) is 9.20. The summed E-state index contributed by atoms with van der Waals surface area (Å²) in [5, 5.41) is 5.47. The lowest BCUT2D eigenvalue weighted by atomic mass is 9.98. The number of hydrazine groups is 1. The maximum Gasteiger partial charge on any atom is 0.407 e. The van der Waals surface area contributed by atoms with Crippen molar-refractivity contribution in [1.29, 1.82) is 0 Å². The number of carbonyl (C=O) groups is 3. The first-order chi connectivity index (χ1) is 18.8. The molecule has 39 heavy (non-hydrogen) atoms. The molecule has 0 aromatic heterocycles. The first-order valence-electron chi connectivity index (χ1n) is 13.3. The van der Waals surface area contributed by atoms with E-state index in [0.29, 0.717) is 5.92 Å². The zero-order valence-electron chi connectivity index (χ0n) is 22.6. The Morgan fingerprint density at radius 3 is 1.97 bits per heavy atom. The van der Waals surface area contributed by atoms with Gasteiger partial charge in [0.05, 0.1) is 0 Å². The fourth-order valence-corrected chi connectivity index (χ4v) is 5.07. The molecule has 3 aromatic rings. The molecule has 0 heterocycles. The third kappa shape index (κ3) is 7.37. The van der Waals surface area contributed by atoms with Gasteiger partial charge in [-0.15, -0.1) is 0 Å². The van der Waals surface area contributed by atoms with Crippen LogP contribution in [0, 0.1) is 5.92 Å². The van der Waals surface area contributed by atoms with Gasteiger partial charge in [0.2, 0.25) is 0 Å². The number of fused-ring (bicyclic) bond motifs is 3. The van der Waals surface area contributed by atoms with Gasteiger partial charge >= 0.3 is 12.1 Å². The summed E-state index contributed by atoms with van der Waals surface area (Å²) in [5.41, 5.74) is 10.1. The largest absolute Gasteiger partial charge is 0.449 e. The zero-order valence-corrected chi connectivity index (χ0v) is 22.6. The van der Waals surface area contributed by atoms with Gasteiger partial charge < -0.3 is 15.4 Å². The number of urea groups is 1. The van der Waals surface area contributed by atoms with Crippen LogP contribution >= 0.6 is 0 Å². The predicted octanol–water partition coefficient (Wildman–Crippen LogP) is 4.90. The number of ether oxygens (including phenoxy) is 1.